The molecule has 0 spiro atoms. The molecule has 2 amide bonds. The van der Waals surface area contributed by atoms with Gasteiger partial charge in [-0.15, -0.1) is 0 Å². The first-order chi connectivity index (χ1) is 15.1. The summed E-state index contributed by atoms with van der Waals surface area (Å²) in [5.74, 6) is 4.77. The molecule has 7 rings (SSSR count). The molecule has 1 saturated heterocycles. The van der Waals surface area contributed by atoms with Gasteiger partial charge in [0, 0.05) is 5.56 Å². The minimum atomic E-state index is -0.347. The van der Waals surface area contributed by atoms with Crippen LogP contribution in [0.25, 0.3) is 6.08 Å². The van der Waals surface area contributed by atoms with E-state index in [9.17, 15) is 9.59 Å². The third-order valence-electron chi connectivity index (χ3n) is 8.01. The van der Waals surface area contributed by atoms with E-state index in [2.05, 4.69) is 23.5 Å². The zero-order valence-electron chi connectivity index (χ0n) is 17.5. The molecule has 4 nitrogen and oxygen atoms in total. The molecule has 4 saturated carbocycles. The van der Waals surface area contributed by atoms with Crippen molar-refractivity contribution < 1.29 is 14.3 Å². The number of imide groups is 1. The van der Waals surface area contributed by atoms with Gasteiger partial charge in [-0.3, -0.25) is 14.9 Å². The number of rotatable bonds is 4. The molecule has 4 bridgehead atoms. The number of amides is 2. The van der Waals surface area contributed by atoms with Gasteiger partial charge in [-0.05, 0) is 110 Å². The van der Waals surface area contributed by atoms with Crippen LogP contribution in [0.2, 0.25) is 0 Å². The largest absolute Gasteiger partial charge is 0.457 e. The molecule has 5 fully saturated rings. The van der Waals surface area contributed by atoms with Crippen molar-refractivity contribution in [2.24, 2.45) is 29.1 Å². The van der Waals surface area contributed by atoms with Crippen LogP contribution in [0.5, 0.6) is 5.75 Å². The fourth-order valence-corrected chi connectivity index (χ4v) is 7.82. The van der Waals surface area contributed by atoms with Gasteiger partial charge < -0.3 is 4.74 Å². The topological polar surface area (TPSA) is 55.4 Å². The van der Waals surface area contributed by atoms with E-state index in [4.69, 9.17) is 4.74 Å². The van der Waals surface area contributed by atoms with Crippen LogP contribution in [0.1, 0.15) is 50.5 Å². The normalized spacial score (nSPS) is 37.3. The molecule has 1 atom stereocenters. The smallest absolute Gasteiger partial charge is 0.290 e. The molecular weight excluding hydrogens is 406 g/mol. The summed E-state index contributed by atoms with van der Waals surface area (Å²) in [4.78, 5) is 23.8. The second-order valence-corrected chi connectivity index (χ2v) is 11.1. The Labute approximate surface area is 187 Å². The lowest BCUT2D eigenvalue weighted by Crippen LogP contribution is -2.49. The van der Waals surface area contributed by atoms with Crippen molar-refractivity contribution in [3.8, 4) is 5.75 Å². The highest BCUT2D eigenvalue weighted by Gasteiger charge is 2.53. The highest BCUT2D eigenvalue weighted by atomic mass is 32.2. The average Bonchev–Trinajstić information content (AvgIpc) is 3.05. The molecular formula is C26H27NO3S. The van der Waals surface area contributed by atoms with Crippen LogP contribution < -0.4 is 10.1 Å². The lowest BCUT2D eigenvalue weighted by Gasteiger charge is -2.59. The number of allylic oxidation sites excluding steroid dienone is 3. The third kappa shape index (κ3) is 3.57. The van der Waals surface area contributed by atoms with Crippen molar-refractivity contribution in [2.75, 3.05) is 0 Å². The number of para-hydroxylation sites is 1. The summed E-state index contributed by atoms with van der Waals surface area (Å²) in [6.07, 6.45) is 18.3. The van der Waals surface area contributed by atoms with Gasteiger partial charge in [0.2, 0.25) is 0 Å². The number of hydrogen-bond acceptors (Lipinski definition) is 4. The molecule has 6 aliphatic rings. The molecule has 5 aliphatic carbocycles. The van der Waals surface area contributed by atoms with Crippen molar-refractivity contribution in [3.05, 3.63) is 58.7 Å². The van der Waals surface area contributed by atoms with E-state index in [0.29, 0.717) is 22.0 Å². The van der Waals surface area contributed by atoms with Crippen LogP contribution in [0.4, 0.5) is 4.79 Å². The van der Waals surface area contributed by atoms with Gasteiger partial charge in [0.1, 0.15) is 11.5 Å². The van der Waals surface area contributed by atoms with Crippen LogP contribution in [-0.2, 0) is 4.79 Å². The van der Waals surface area contributed by atoms with Crippen molar-refractivity contribution >= 4 is 29.0 Å². The summed E-state index contributed by atoms with van der Waals surface area (Å²) < 4.78 is 6.23. The third-order valence-corrected chi connectivity index (χ3v) is 8.82. The number of hydrogen-bond donors (Lipinski definition) is 1. The number of benzene rings is 1. The average molecular weight is 434 g/mol. The summed E-state index contributed by atoms with van der Waals surface area (Å²) in [6.45, 7) is 0. The van der Waals surface area contributed by atoms with E-state index < -0.39 is 0 Å². The van der Waals surface area contributed by atoms with Gasteiger partial charge >= 0.3 is 0 Å². The van der Waals surface area contributed by atoms with Crippen LogP contribution in [-0.4, -0.2) is 11.1 Å². The second kappa shape index (κ2) is 7.40. The van der Waals surface area contributed by atoms with Gasteiger partial charge in [0.15, 0.2) is 0 Å². The number of carbonyl (C=O) groups is 2. The minimum Gasteiger partial charge on any atom is -0.457 e. The predicted molar refractivity (Wildman–Crippen MR) is 122 cm³/mol. The summed E-state index contributed by atoms with van der Waals surface area (Å²) in [6, 6.07) is 7.65. The highest BCUT2D eigenvalue weighted by Crippen LogP contribution is 2.63. The maximum absolute atomic E-state index is 11.9. The molecule has 0 radical (unpaired) electrons. The monoisotopic (exact) mass is 433 g/mol. The van der Waals surface area contributed by atoms with E-state index in [1.165, 1.54) is 38.5 Å². The van der Waals surface area contributed by atoms with E-state index in [-0.39, 0.29) is 11.1 Å². The zero-order chi connectivity index (χ0) is 21.0. The molecule has 5 heteroatoms. The Morgan fingerprint density at radius 3 is 2.35 bits per heavy atom. The lowest BCUT2D eigenvalue weighted by atomic mass is 9.46. The molecule has 31 heavy (non-hydrogen) atoms. The van der Waals surface area contributed by atoms with Gasteiger partial charge in [-0.2, -0.15) is 0 Å². The van der Waals surface area contributed by atoms with Crippen LogP contribution in [0.15, 0.2) is 53.2 Å². The van der Waals surface area contributed by atoms with E-state index >= 15 is 0 Å². The standard InChI is InChI=1S/C26H27NO3S/c28-24-23(31-25(29)27-24)12-19-3-1-2-4-22(19)30-21-7-5-20(6-8-21)26-13-16-9-17(14-26)11-18(10-16)15-26/h1-5,7-8,12,16-18,20H,6,9-11,13-15H2,(H,27,28,29)/b23-12+. The fourth-order valence-electron chi connectivity index (χ4n) is 7.14. The van der Waals surface area contributed by atoms with E-state index in [1.807, 2.05) is 24.3 Å². The minimum absolute atomic E-state index is 0.330. The summed E-state index contributed by atoms with van der Waals surface area (Å²) in [5, 5.41) is 1.97. The lowest BCUT2D eigenvalue weighted by molar-refractivity contribution is -0.115. The molecule has 0 aromatic heterocycles. The van der Waals surface area contributed by atoms with Crippen molar-refractivity contribution in [1.82, 2.24) is 5.32 Å². The Hall–Kier alpha value is -2.27. The molecule has 1 aromatic rings. The van der Waals surface area contributed by atoms with Crippen molar-refractivity contribution in [2.45, 2.75) is 44.9 Å². The Balaban J connectivity index is 1.18. The summed E-state index contributed by atoms with van der Waals surface area (Å²) in [7, 11) is 0. The number of nitrogens with one attached hydrogen (secondary N) is 1. The fraction of sp³-hybridized carbons (Fsp3) is 0.462. The highest BCUT2D eigenvalue weighted by molar-refractivity contribution is 8.18. The van der Waals surface area contributed by atoms with Gasteiger partial charge in [0.05, 0.1) is 4.91 Å². The first-order valence-corrected chi connectivity index (χ1v) is 12.3. The predicted octanol–water partition coefficient (Wildman–Crippen LogP) is 6.07. The zero-order valence-corrected chi connectivity index (χ0v) is 18.3. The summed E-state index contributed by atoms with van der Waals surface area (Å²) in [5.41, 5.74) is 1.32. The van der Waals surface area contributed by atoms with Gasteiger partial charge in [0.25, 0.3) is 11.1 Å². The molecule has 1 heterocycles. The van der Waals surface area contributed by atoms with Gasteiger partial charge in [-0.1, -0.05) is 24.3 Å². The Morgan fingerprint density at radius 2 is 1.74 bits per heavy atom. The maximum atomic E-state index is 11.9. The number of ether oxygens (including phenoxy) is 1. The first-order valence-electron chi connectivity index (χ1n) is 11.5. The van der Waals surface area contributed by atoms with Crippen LogP contribution >= 0.6 is 11.8 Å². The van der Waals surface area contributed by atoms with Crippen molar-refractivity contribution in [3.63, 3.8) is 0 Å². The van der Waals surface area contributed by atoms with E-state index in [0.717, 1.165) is 47.3 Å². The molecule has 1 aromatic carbocycles. The number of thioether (sulfide) groups is 1. The van der Waals surface area contributed by atoms with Crippen molar-refractivity contribution in [1.29, 1.82) is 0 Å². The molecule has 1 aliphatic heterocycles. The molecule has 1 unspecified atom stereocenters. The second-order valence-electron chi connectivity index (χ2n) is 10.1. The quantitative estimate of drug-likeness (QED) is 0.586. The van der Waals surface area contributed by atoms with E-state index in [1.54, 1.807) is 6.08 Å². The Bertz CT molecular complexity index is 1000. The summed E-state index contributed by atoms with van der Waals surface area (Å²) >= 11 is 0.928. The SMILES string of the molecule is O=C1NC(=O)/C(=C\c2ccccc2OC2=CCC(C34CC5CC(CC(C5)C3)C4)C=C2)S1. The number of carbonyl (C=O) groups excluding carboxylic acids is 2. The molecule has 160 valence electrons. The first kappa shape index (κ1) is 19.4. The van der Waals surface area contributed by atoms with Crippen LogP contribution in [0.3, 0.4) is 0 Å². The maximum Gasteiger partial charge on any atom is 0.290 e. The van der Waals surface area contributed by atoms with Gasteiger partial charge in [-0.25, -0.2) is 0 Å². The molecule has 1 N–H and O–H groups in total. The van der Waals surface area contributed by atoms with Crippen LogP contribution in [0, 0.1) is 29.1 Å². The Morgan fingerprint density at radius 1 is 1.03 bits per heavy atom. The Kier molecular flexibility index (Phi) is 4.64.